The Morgan fingerprint density at radius 1 is 0.906 bits per heavy atom. The molecule has 4 nitrogen and oxygen atoms in total. The third kappa shape index (κ3) is 6.05. The van der Waals surface area contributed by atoms with E-state index in [0.29, 0.717) is 16.6 Å². The Labute approximate surface area is 201 Å². The first-order chi connectivity index (χ1) is 15.4. The summed E-state index contributed by atoms with van der Waals surface area (Å²) in [5.41, 5.74) is 2.02. The van der Waals surface area contributed by atoms with E-state index in [4.69, 9.17) is 23.2 Å². The summed E-state index contributed by atoms with van der Waals surface area (Å²) in [5.74, 6) is -0.240. The highest BCUT2D eigenvalue weighted by Crippen LogP contribution is 2.43. The maximum absolute atomic E-state index is 13.2. The molecule has 1 heterocycles. The van der Waals surface area contributed by atoms with Gasteiger partial charge in [0.05, 0.1) is 12.0 Å². The number of halogens is 2. The molecule has 1 fully saturated rings. The SMILES string of the molecule is CCCCN(CCCC)C(=O)C[C@H]1C(=O)N(Cc2ccc(Cl)cc2)[C@@H]1c1ccc(Cl)cc1. The normalized spacial score (nSPS) is 17.9. The molecule has 0 saturated carbocycles. The molecule has 0 bridgehead atoms. The molecule has 0 radical (unpaired) electrons. The van der Waals surface area contributed by atoms with Gasteiger partial charge in [-0.15, -0.1) is 0 Å². The minimum absolute atomic E-state index is 0.0270. The first-order valence-electron chi connectivity index (χ1n) is 11.5. The molecule has 2 atom stereocenters. The van der Waals surface area contributed by atoms with E-state index in [1.54, 1.807) is 0 Å². The molecule has 0 N–H and O–H groups in total. The second kappa shape index (κ2) is 11.7. The van der Waals surface area contributed by atoms with Gasteiger partial charge in [0.25, 0.3) is 0 Å². The van der Waals surface area contributed by atoms with Crippen molar-refractivity contribution in [1.82, 2.24) is 9.80 Å². The second-order valence-electron chi connectivity index (χ2n) is 8.49. The lowest BCUT2D eigenvalue weighted by molar-refractivity contribution is -0.162. The number of amides is 2. The standard InChI is InChI=1S/C26H32Cl2N2O2/c1-3-5-15-29(16-6-4-2)24(31)17-23-25(20-9-13-22(28)14-10-20)30(26(23)32)18-19-7-11-21(27)12-8-19/h7-14,23,25H,3-6,15-18H2,1-2H3/t23-,25-/m1/s1. The van der Waals surface area contributed by atoms with Gasteiger partial charge in [0.1, 0.15) is 0 Å². The molecular weight excluding hydrogens is 443 g/mol. The molecule has 3 rings (SSSR count). The van der Waals surface area contributed by atoms with Crippen LogP contribution in [0.5, 0.6) is 0 Å². The summed E-state index contributed by atoms with van der Waals surface area (Å²) in [7, 11) is 0. The second-order valence-corrected chi connectivity index (χ2v) is 9.36. The fraction of sp³-hybridized carbons (Fsp3) is 0.462. The molecule has 1 saturated heterocycles. The van der Waals surface area contributed by atoms with Gasteiger partial charge in [0.2, 0.25) is 11.8 Å². The summed E-state index contributed by atoms with van der Waals surface area (Å²) in [6, 6.07) is 15.0. The van der Waals surface area contributed by atoms with E-state index in [0.717, 1.165) is 49.9 Å². The van der Waals surface area contributed by atoms with Gasteiger partial charge in [-0.1, -0.05) is 74.2 Å². The van der Waals surface area contributed by atoms with Crippen LogP contribution in [0.4, 0.5) is 0 Å². The maximum Gasteiger partial charge on any atom is 0.229 e. The van der Waals surface area contributed by atoms with E-state index >= 15 is 0 Å². The minimum Gasteiger partial charge on any atom is -0.343 e. The van der Waals surface area contributed by atoms with Gasteiger partial charge in [-0.05, 0) is 48.2 Å². The average Bonchev–Trinajstić information content (AvgIpc) is 2.80. The number of rotatable bonds is 11. The molecule has 32 heavy (non-hydrogen) atoms. The Kier molecular flexibility index (Phi) is 9.01. The maximum atomic E-state index is 13.2. The highest BCUT2D eigenvalue weighted by molar-refractivity contribution is 6.30. The molecule has 1 aliphatic rings. The first-order valence-corrected chi connectivity index (χ1v) is 12.3. The molecule has 2 amide bonds. The molecule has 0 unspecified atom stereocenters. The van der Waals surface area contributed by atoms with Crippen LogP contribution in [0.15, 0.2) is 48.5 Å². The van der Waals surface area contributed by atoms with Gasteiger partial charge in [-0.2, -0.15) is 0 Å². The van der Waals surface area contributed by atoms with Crippen LogP contribution in [0.1, 0.15) is 63.1 Å². The lowest BCUT2D eigenvalue weighted by Gasteiger charge is -2.48. The Hall–Kier alpha value is -2.04. The number of nitrogens with zero attached hydrogens (tertiary/aromatic N) is 2. The average molecular weight is 475 g/mol. The zero-order valence-electron chi connectivity index (χ0n) is 18.9. The van der Waals surface area contributed by atoms with Crippen molar-refractivity contribution in [1.29, 1.82) is 0 Å². The zero-order chi connectivity index (χ0) is 23.1. The van der Waals surface area contributed by atoms with E-state index in [-0.39, 0.29) is 30.2 Å². The lowest BCUT2D eigenvalue weighted by Crippen LogP contribution is -2.55. The Balaban J connectivity index is 1.78. The Bertz CT molecular complexity index is 891. The molecule has 6 heteroatoms. The number of hydrogen-bond donors (Lipinski definition) is 0. The molecule has 172 valence electrons. The number of unbranched alkanes of at least 4 members (excludes halogenated alkanes) is 2. The molecule has 0 spiro atoms. The Morgan fingerprint density at radius 2 is 1.44 bits per heavy atom. The predicted molar refractivity (Wildman–Crippen MR) is 131 cm³/mol. The van der Waals surface area contributed by atoms with E-state index in [1.165, 1.54) is 0 Å². The van der Waals surface area contributed by atoms with Crippen LogP contribution in [0.25, 0.3) is 0 Å². The lowest BCUT2D eigenvalue weighted by atomic mass is 9.79. The van der Waals surface area contributed by atoms with Gasteiger partial charge in [-0.3, -0.25) is 9.59 Å². The number of benzene rings is 2. The van der Waals surface area contributed by atoms with Gasteiger partial charge < -0.3 is 9.80 Å². The van der Waals surface area contributed by atoms with Crippen LogP contribution in [0, 0.1) is 5.92 Å². The van der Waals surface area contributed by atoms with Crippen molar-refractivity contribution >= 4 is 35.0 Å². The van der Waals surface area contributed by atoms with Gasteiger partial charge in [0, 0.05) is 36.1 Å². The smallest absolute Gasteiger partial charge is 0.229 e. The van der Waals surface area contributed by atoms with E-state index in [1.807, 2.05) is 58.3 Å². The fourth-order valence-electron chi connectivity index (χ4n) is 4.23. The van der Waals surface area contributed by atoms with Crippen molar-refractivity contribution in [2.24, 2.45) is 5.92 Å². The molecule has 2 aromatic rings. The number of β-lactam (4-membered cyclic amide) rings is 1. The highest BCUT2D eigenvalue weighted by Gasteiger charge is 2.48. The van der Waals surface area contributed by atoms with Crippen LogP contribution < -0.4 is 0 Å². The summed E-state index contributed by atoms with van der Waals surface area (Å²) >= 11 is 12.1. The summed E-state index contributed by atoms with van der Waals surface area (Å²) in [5, 5.41) is 1.32. The van der Waals surface area contributed by atoms with Crippen molar-refractivity contribution in [3.63, 3.8) is 0 Å². The van der Waals surface area contributed by atoms with Crippen LogP contribution in [0.3, 0.4) is 0 Å². The zero-order valence-corrected chi connectivity index (χ0v) is 20.4. The van der Waals surface area contributed by atoms with Crippen molar-refractivity contribution in [2.75, 3.05) is 13.1 Å². The van der Waals surface area contributed by atoms with Crippen LogP contribution in [0.2, 0.25) is 10.0 Å². The van der Waals surface area contributed by atoms with Crippen LogP contribution in [-0.4, -0.2) is 34.7 Å². The van der Waals surface area contributed by atoms with Crippen molar-refractivity contribution in [3.05, 3.63) is 69.7 Å². The largest absolute Gasteiger partial charge is 0.343 e. The van der Waals surface area contributed by atoms with Gasteiger partial charge in [-0.25, -0.2) is 0 Å². The predicted octanol–water partition coefficient (Wildman–Crippen LogP) is 6.51. The quantitative estimate of drug-likeness (QED) is 0.348. The first kappa shape index (κ1) is 24.6. The highest BCUT2D eigenvalue weighted by atomic mass is 35.5. The number of likely N-dealkylation sites (tertiary alicyclic amines) is 1. The van der Waals surface area contributed by atoms with Crippen LogP contribution >= 0.6 is 23.2 Å². The molecule has 0 aromatic heterocycles. The van der Waals surface area contributed by atoms with Crippen LogP contribution in [-0.2, 0) is 16.1 Å². The van der Waals surface area contributed by atoms with Crippen molar-refractivity contribution in [2.45, 2.75) is 58.5 Å². The Morgan fingerprint density at radius 3 is 1.97 bits per heavy atom. The topological polar surface area (TPSA) is 40.6 Å². The summed E-state index contributed by atoms with van der Waals surface area (Å²) in [6.07, 6.45) is 4.30. The molecule has 2 aromatic carbocycles. The molecule has 0 aliphatic carbocycles. The van der Waals surface area contributed by atoms with E-state index < -0.39 is 0 Å². The van der Waals surface area contributed by atoms with E-state index in [9.17, 15) is 9.59 Å². The summed E-state index contributed by atoms with van der Waals surface area (Å²) in [6.45, 7) is 6.27. The monoisotopic (exact) mass is 474 g/mol. The third-order valence-electron chi connectivity index (χ3n) is 6.11. The van der Waals surface area contributed by atoms with Gasteiger partial charge >= 0.3 is 0 Å². The molecule has 1 aliphatic heterocycles. The van der Waals surface area contributed by atoms with Crippen molar-refractivity contribution in [3.8, 4) is 0 Å². The summed E-state index contributed by atoms with van der Waals surface area (Å²) in [4.78, 5) is 30.1. The fourth-order valence-corrected chi connectivity index (χ4v) is 4.48. The summed E-state index contributed by atoms with van der Waals surface area (Å²) < 4.78 is 0. The number of carbonyl (C=O) groups is 2. The van der Waals surface area contributed by atoms with Gasteiger partial charge in [0.15, 0.2) is 0 Å². The number of carbonyl (C=O) groups excluding carboxylic acids is 2. The number of hydrogen-bond acceptors (Lipinski definition) is 2. The molecular formula is C26H32Cl2N2O2. The minimum atomic E-state index is -0.346. The van der Waals surface area contributed by atoms with E-state index in [2.05, 4.69) is 13.8 Å². The van der Waals surface area contributed by atoms with Crippen molar-refractivity contribution < 1.29 is 9.59 Å². The third-order valence-corrected chi connectivity index (χ3v) is 6.61.